The number of ether oxygens (including phenoxy) is 1. The summed E-state index contributed by atoms with van der Waals surface area (Å²) < 4.78 is 32.7. The lowest BCUT2D eigenvalue weighted by Crippen LogP contribution is -2.51. The van der Waals surface area contributed by atoms with E-state index in [0.717, 1.165) is 5.56 Å². The molecule has 2 aromatic carbocycles. The minimum Gasteiger partial charge on any atom is -0.491 e. The Labute approximate surface area is 183 Å². The summed E-state index contributed by atoms with van der Waals surface area (Å²) in [7, 11) is 2.85. The molecule has 0 spiro atoms. The van der Waals surface area contributed by atoms with Crippen LogP contribution in [0, 0.1) is 11.6 Å². The number of amides is 3. The van der Waals surface area contributed by atoms with Crippen LogP contribution in [0.25, 0.3) is 0 Å². The summed E-state index contributed by atoms with van der Waals surface area (Å²) in [5.74, 6) is -3.56. The van der Waals surface area contributed by atoms with E-state index in [-0.39, 0.29) is 19.0 Å². The molecule has 1 saturated heterocycles. The van der Waals surface area contributed by atoms with Crippen molar-refractivity contribution >= 4 is 34.8 Å². The van der Waals surface area contributed by atoms with Crippen molar-refractivity contribution in [1.29, 1.82) is 0 Å². The van der Waals surface area contributed by atoms with Crippen LogP contribution in [0.2, 0.25) is 0 Å². The minimum absolute atomic E-state index is 0.0333. The van der Waals surface area contributed by atoms with Gasteiger partial charge in [-0.3, -0.25) is 14.4 Å². The Morgan fingerprint density at radius 2 is 1.69 bits per heavy atom. The van der Waals surface area contributed by atoms with Gasteiger partial charge in [0.25, 0.3) is 0 Å². The van der Waals surface area contributed by atoms with Crippen molar-refractivity contribution < 1.29 is 27.9 Å². The maximum Gasteiger partial charge on any atom is 0.313 e. The van der Waals surface area contributed by atoms with E-state index in [0.29, 0.717) is 36.6 Å². The van der Waals surface area contributed by atoms with Gasteiger partial charge in [-0.2, -0.15) is 0 Å². The monoisotopic (exact) mass is 444 g/mol. The normalized spacial score (nSPS) is 15.6. The zero-order chi connectivity index (χ0) is 23.0. The number of rotatable bonds is 3. The highest BCUT2D eigenvalue weighted by Crippen LogP contribution is 2.31. The molecular weight excluding hydrogens is 422 g/mol. The molecule has 1 N–H and O–H groups in total. The Morgan fingerprint density at radius 1 is 1.03 bits per heavy atom. The number of anilines is 3. The zero-order valence-corrected chi connectivity index (χ0v) is 17.7. The number of carbonyl (C=O) groups is 3. The molecule has 0 aromatic heterocycles. The van der Waals surface area contributed by atoms with Crippen LogP contribution in [0.3, 0.4) is 0 Å². The van der Waals surface area contributed by atoms with Gasteiger partial charge in [0.15, 0.2) is 17.4 Å². The minimum atomic E-state index is -0.804. The first-order valence-electron chi connectivity index (χ1n) is 10.1. The number of hydrogen-bond donors (Lipinski definition) is 1. The van der Waals surface area contributed by atoms with Gasteiger partial charge in [0.2, 0.25) is 5.91 Å². The fourth-order valence-electron chi connectivity index (χ4n) is 3.94. The van der Waals surface area contributed by atoms with E-state index in [9.17, 15) is 23.2 Å². The van der Waals surface area contributed by atoms with Crippen LogP contribution in [0.4, 0.5) is 25.8 Å². The van der Waals surface area contributed by atoms with E-state index in [1.54, 1.807) is 30.1 Å². The van der Waals surface area contributed by atoms with Crippen molar-refractivity contribution in [2.45, 2.75) is 6.42 Å². The number of nitrogens with one attached hydrogen (secondary N) is 1. The van der Waals surface area contributed by atoms with Crippen LogP contribution < -0.4 is 19.9 Å². The SMILES string of the molecule is COc1c(F)cc(N2CCN(C(=O)C(=O)Nc3ccc4c(c3)N(C)C(=O)C4)CC2)cc1F. The number of fused-ring (bicyclic) bond motifs is 1. The third-order valence-corrected chi connectivity index (χ3v) is 5.73. The van der Waals surface area contributed by atoms with Gasteiger partial charge in [-0.25, -0.2) is 8.78 Å². The Morgan fingerprint density at radius 3 is 2.31 bits per heavy atom. The molecule has 8 nitrogen and oxygen atoms in total. The lowest BCUT2D eigenvalue weighted by atomic mass is 10.1. The quantitative estimate of drug-likeness (QED) is 0.730. The average Bonchev–Trinajstić information content (AvgIpc) is 3.06. The van der Waals surface area contributed by atoms with Gasteiger partial charge in [0.05, 0.1) is 13.5 Å². The molecular formula is C22H22F2N4O4. The van der Waals surface area contributed by atoms with Gasteiger partial charge in [-0.05, 0) is 17.7 Å². The lowest BCUT2D eigenvalue weighted by Gasteiger charge is -2.35. The number of hydrogen-bond acceptors (Lipinski definition) is 5. The molecule has 32 heavy (non-hydrogen) atoms. The summed E-state index contributed by atoms with van der Waals surface area (Å²) in [5.41, 5.74) is 2.33. The summed E-state index contributed by atoms with van der Waals surface area (Å²) in [5, 5.41) is 2.58. The molecule has 2 aliphatic rings. The molecule has 168 valence electrons. The summed E-state index contributed by atoms with van der Waals surface area (Å²) in [6.45, 7) is 1.08. The second kappa shape index (κ2) is 8.45. The Bertz CT molecular complexity index is 1080. The van der Waals surface area contributed by atoms with Crippen LogP contribution in [-0.2, 0) is 20.8 Å². The van der Waals surface area contributed by atoms with Crippen LogP contribution in [0.5, 0.6) is 5.75 Å². The van der Waals surface area contributed by atoms with Crippen LogP contribution >= 0.6 is 0 Å². The second-order valence-electron chi connectivity index (χ2n) is 7.65. The zero-order valence-electron chi connectivity index (χ0n) is 17.7. The molecule has 0 bridgehead atoms. The van der Waals surface area contributed by atoms with Crippen molar-refractivity contribution in [3.63, 3.8) is 0 Å². The maximum absolute atomic E-state index is 14.0. The van der Waals surface area contributed by atoms with Gasteiger partial charge in [0.1, 0.15) is 0 Å². The summed E-state index contributed by atoms with van der Waals surface area (Å²) >= 11 is 0. The van der Waals surface area contributed by atoms with Crippen LogP contribution in [-0.4, -0.2) is 63.0 Å². The second-order valence-corrected chi connectivity index (χ2v) is 7.65. The topological polar surface area (TPSA) is 82.2 Å². The van der Waals surface area contributed by atoms with Crippen molar-refractivity contribution in [3.8, 4) is 5.75 Å². The summed E-state index contributed by atoms with van der Waals surface area (Å²) in [6.07, 6.45) is 0.311. The highest BCUT2D eigenvalue weighted by atomic mass is 19.1. The Balaban J connectivity index is 1.37. The average molecular weight is 444 g/mol. The molecule has 2 aromatic rings. The molecule has 0 unspecified atom stereocenters. The van der Waals surface area contributed by atoms with Gasteiger partial charge in [-0.15, -0.1) is 0 Å². The first-order chi connectivity index (χ1) is 15.3. The van der Waals surface area contributed by atoms with Gasteiger partial charge in [0, 0.05) is 62.4 Å². The van der Waals surface area contributed by atoms with Crippen molar-refractivity contribution in [1.82, 2.24) is 4.90 Å². The van der Waals surface area contributed by atoms with Crippen LogP contribution in [0.15, 0.2) is 30.3 Å². The molecule has 10 heteroatoms. The molecule has 2 aliphatic heterocycles. The van der Waals surface area contributed by atoms with E-state index >= 15 is 0 Å². The van der Waals surface area contributed by atoms with E-state index in [1.165, 1.54) is 29.0 Å². The van der Waals surface area contributed by atoms with Crippen molar-refractivity contribution in [2.24, 2.45) is 0 Å². The number of methoxy groups -OCH3 is 1. The number of halogens is 2. The van der Waals surface area contributed by atoms with Crippen molar-refractivity contribution in [2.75, 3.05) is 55.5 Å². The lowest BCUT2D eigenvalue weighted by molar-refractivity contribution is -0.143. The largest absolute Gasteiger partial charge is 0.491 e. The van der Waals surface area contributed by atoms with E-state index in [1.807, 2.05) is 0 Å². The van der Waals surface area contributed by atoms with Crippen molar-refractivity contribution in [3.05, 3.63) is 47.5 Å². The van der Waals surface area contributed by atoms with Gasteiger partial charge >= 0.3 is 11.8 Å². The fraction of sp³-hybridized carbons (Fsp3) is 0.318. The summed E-state index contributed by atoms with van der Waals surface area (Å²) in [6, 6.07) is 7.43. The number of likely N-dealkylation sites (N-methyl/N-ethyl adjacent to an activating group) is 1. The predicted molar refractivity (Wildman–Crippen MR) is 114 cm³/mol. The predicted octanol–water partition coefficient (Wildman–Crippen LogP) is 1.78. The molecule has 0 radical (unpaired) electrons. The molecule has 3 amide bonds. The van der Waals surface area contributed by atoms with E-state index < -0.39 is 29.2 Å². The number of piperazine rings is 1. The molecule has 1 fully saturated rings. The standard InChI is InChI=1S/C22H22F2N4O4/c1-26-18-10-14(4-3-13(18)9-19(26)29)25-21(30)22(31)28-7-5-27(6-8-28)15-11-16(23)20(32-2)17(24)12-15/h3-4,10-12H,5-9H2,1-2H3,(H,25,30). The van der Waals surface area contributed by atoms with Gasteiger partial charge < -0.3 is 24.8 Å². The Hall–Kier alpha value is -3.69. The summed E-state index contributed by atoms with van der Waals surface area (Å²) in [4.78, 5) is 41.5. The molecule has 0 atom stereocenters. The molecule has 0 aliphatic carbocycles. The van der Waals surface area contributed by atoms with E-state index in [2.05, 4.69) is 5.32 Å². The number of carbonyl (C=O) groups excluding carboxylic acids is 3. The highest BCUT2D eigenvalue weighted by molar-refractivity contribution is 6.39. The molecule has 2 heterocycles. The Kier molecular flexibility index (Phi) is 5.68. The molecule has 0 saturated carbocycles. The highest BCUT2D eigenvalue weighted by Gasteiger charge is 2.28. The third-order valence-electron chi connectivity index (χ3n) is 5.73. The smallest absolute Gasteiger partial charge is 0.313 e. The first-order valence-corrected chi connectivity index (χ1v) is 10.1. The van der Waals surface area contributed by atoms with Crippen LogP contribution in [0.1, 0.15) is 5.56 Å². The fourth-order valence-corrected chi connectivity index (χ4v) is 3.94. The first kappa shape index (κ1) is 21.5. The molecule has 4 rings (SSSR count). The van der Waals surface area contributed by atoms with E-state index in [4.69, 9.17) is 4.74 Å². The maximum atomic E-state index is 14.0. The third kappa shape index (κ3) is 3.95. The number of benzene rings is 2. The van der Waals surface area contributed by atoms with Gasteiger partial charge in [-0.1, -0.05) is 6.07 Å². The number of nitrogens with zero attached hydrogens (tertiary/aromatic N) is 3.